The number of nitrogens with one attached hydrogen (secondary N) is 1. The molecule has 90 valence electrons. The molecule has 0 spiro atoms. The molecular formula is C12H19NO3. The summed E-state index contributed by atoms with van der Waals surface area (Å²) in [5.74, 6) is -0.240. The maximum atomic E-state index is 11.7. The molecule has 0 aromatic carbocycles. The largest absolute Gasteiger partial charge is 0.481 e. The third-order valence-electron chi connectivity index (χ3n) is 3.80. The van der Waals surface area contributed by atoms with E-state index in [1.807, 2.05) is 0 Å². The summed E-state index contributed by atoms with van der Waals surface area (Å²) in [5.41, 5.74) is -0.770. The fourth-order valence-corrected chi connectivity index (χ4v) is 2.47. The van der Waals surface area contributed by atoms with Crippen molar-refractivity contribution in [1.82, 2.24) is 5.32 Å². The molecule has 2 aliphatic rings. The molecule has 1 amide bonds. The zero-order valence-electron chi connectivity index (χ0n) is 9.50. The molecule has 2 fully saturated rings. The molecule has 0 aromatic heterocycles. The molecule has 0 aliphatic heterocycles. The second-order valence-electron chi connectivity index (χ2n) is 5.22. The summed E-state index contributed by atoms with van der Waals surface area (Å²) >= 11 is 0. The molecule has 4 nitrogen and oxygen atoms in total. The van der Waals surface area contributed by atoms with Gasteiger partial charge in [-0.3, -0.25) is 9.59 Å². The number of carbonyl (C=O) groups is 2. The third-order valence-corrected chi connectivity index (χ3v) is 3.80. The number of carboxylic acids is 1. The Kier molecular flexibility index (Phi) is 3.17. The van der Waals surface area contributed by atoms with Gasteiger partial charge in [0, 0.05) is 13.0 Å². The minimum Gasteiger partial charge on any atom is -0.481 e. The fraction of sp³-hybridized carbons (Fsp3) is 0.833. The Morgan fingerprint density at radius 3 is 2.38 bits per heavy atom. The van der Waals surface area contributed by atoms with E-state index in [0.717, 1.165) is 19.4 Å². The Morgan fingerprint density at radius 2 is 1.88 bits per heavy atom. The van der Waals surface area contributed by atoms with E-state index in [1.54, 1.807) is 0 Å². The first kappa shape index (κ1) is 11.4. The second-order valence-corrected chi connectivity index (χ2v) is 5.22. The van der Waals surface area contributed by atoms with E-state index in [4.69, 9.17) is 0 Å². The highest BCUT2D eigenvalue weighted by Gasteiger charge is 2.43. The number of rotatable bonds is 5. The van der Waals surface area contributed by atoms with Crippen LogP contribution in [-0.4, -0.2) is 23.5 Å². The van der Waals surface area contributed by atoms with Gasteiger partial charge >= 0.3 is 5.97 Å². The van der Waals surface area contributed by atoms with Gasteiger partial charge in [0.25, 0.3) is 0 Å². The average Bonchev–Trinajstić information content (AvgIpc) is 2.95. The van der Waals surface area contributed by atoms with Crippen molar-refractivity contribution in [2.24, 2.45) is 11.3 Å². The van der Waals surface area contributed by atoms with Crippen LogP contribution in [0.3, 0.4) is 0 Å². The third kappa shape index (κ3) is 2.54. The molecule has 0 heterocycles. The van der Waals surface area contributed by atoms with Crippen molar-refractivity contribution in [2.75, 3.05) is 6.54 Å². The number of amides is 1. The van der Waals surface area contributed by atoms with Crippen LogP contribution < -0.4 is 5.32 Å². The van der Waals surface area contributed by atoms with E-state index in [2.05, 4.69) is 5.32 Å². The van der Waals surface area contributed by atoms with Crippen molar-refractivity contribution in [3.63, 3.8) is 0 Å². The lowest BCUT2D eigenvalue weighted by Gasteiger charge is -2.22. The molecule has 2 rings (SSSR count). The molecule has 0 radical (unpaired) electrons. The van der Waals surface area contributed by atoms with Gasteiger partial charge < -0.3 is 10.4 Å². The van der Waals surface area contributed by atoms with E-state index in [0.29, 0.717) is 18.8 Å². The predicted octanol–water partition coefficient (Wildman–Crippen LogP) is 1.55. The average molecular weight is 225 g/mol. The van der Waals surface area contributed by atoms with Crippen LogP contribution in [0.4, 0.5) is 0 Å². The van der Waals surface area contributed by atoms with Gasteiger partial charge in [0.2, 0.25) is 5.91 Å². The van der Waals surface area contributed by atoms with Crippen LogP contribution in [0, 0.1) is 11.3 Å². The van der Waals surface area contributed by atoms with Crippen LogP contribution in [0.1, 0.15) is 44.9 Å². The number of carboxylic acid groups (broad SMARTS) is 1. The minimum atomic E-state index is -0.799. The zero-order chi connectivity index (χ0) is 11.6. The standard InChI is InChI=1S/C12H19NO3/c14-10(13-8-9-3-4-9)7-12(11(15)16)5-1-2-6-12/h9H,1-8H2,(H,13,14)(H,15,16). The summed E-state index contributed by atoms with van der Waals surface area (Å²) in [5, 5.41) is 12.1. The van der Waals surface area contributed by atoms with Crippen molar-refractivity contribution >= 4 is 11.9 Å². The summed E-state index contributed by atoms with van der Waals surface area (Å²) in [6, 6.07) is 0. The summed E-state index contributed by atoms with van der Waals surface area (Å²) < 4.78 is 0. The second kappa shape index (κ2) is 4.44. The number of aliphatic carboxylic acids is 1. The summed E-state index contributed by atoms with van der Waals surface area (Å²) in [7, 11) is 0. The van der Waals surface area contributed by atoms with Crippen LogP contribution in [0.25, 0.3) is 0 Å². The molecule has 4 heteroatoms. The Balaban J connectivity index is 1.84. The summed E-state index contributed by atoms with van der Waals surface area (Å²) in [6.07, 6.45) is 5.73. The van der Waals surface area contributed by atoms with Gasteiger partial charge in [-0.1, -0.05) is 12.8 Å². The highest BCUT2D eigenvalue weighted by atomic mass is 16.4. The Labute approximate surface area is 95.4 Å². The first-order valence-corrected chi connectivity index (χ1v) is 6.12. The number of hydrogen-bond acceptors (Lipinski definition) is 2. The van der Waals surface area contributed by atoms with Gasteiger partial charge in [0.15, 0.2) is 0 Å². The minimum absolute atomic E-state index is 0.0869. The molecular weight excluding hydrogens is 206 g/mol. The van der Waals surface area contributed by atoms with Crippen LogP contribution in [0.2, 0.25) is 0 Å². The monoisotopic (exact) mass is 225 g/mol. The topological polar surface area (TPSA) is 66.4 Å². The van der Waals surface area contributed by atoms with Crippen molar-refractivity contribution in [2.45, 2.75) is 44.9 Å². The number of carbonyl (C=O) groups excluding carboxylic acids is 1. The molecule has 2 saturated carbocycles. The van der Waals surface area contributed by atoms with Gasteiger partial charge in [0.1, 0.15) is 0 Å². The Bertz CT molecular complexity index is 291. The predicted molar refractivity (Wildman–Crippen MR) is 58.9 cm³/mol. The Hall–Kier alpha value is -1.06. The van der Waals surface area contributed by atoms with Crippen molar-refractivity contribution in [3.8, 4) is 0 Å². The SMILES string of the molecule is O=C(CC1(C(=O)O)CCCC1)NCC1CC1. The van der Waals surface area contributed by atoms with E-state index in [-0.39, 0.29) is 12.3 Å². The van der Waals surface area contributed by atoms with Crippen LogP contribution in [-0.2, 0) is 9.59 Å². The number of hydrogen-bond donors (Lipinski definition) is 2. The van der Waals surface area contributed by atoms with Crippen LogP contribution in [0.15, 0.2) is 0 Å². The van der Waals surface area contributed by atoms with Crippen LogP contribution in [0.5, 0.6) is 0 Å². The lowest BCUT2D eigenvalue weighted by Crippen LogP contribution is -2.36. The quantitative estimate of drug-likeness (QED) is 0.746. The maximum Gasteiger partial charge on any atom is 0.310 e. The maximum absolute atomic E-state index is 11.7. The molecule has 0 saturated heterocycles. The molecule has 0 aromatic rings. The first-order chi connectivity index (χ1) is 7.62. The Morgan fingerprint density at radius 1 is 1.25 bits per heavy atom. The van der Waals surface area contributed by atoms with E-state index >= 15 is 0 Å². The molecule has 0 unspecified atom stereocenters. The van der Waals surface area contributed by atoms with E-state index in [9.17, 15) is 14.7 Å². The van der Waals surface area contributed by atoms with Crippen molar-refractivity contribution in [3.05, 3.63) is 0 Å². The van der Waals surface area contributed by atoms with Gasteiger partial charge in [-0.05, 0) is 31.6 Å². The molecule has 2 aliphatic carbocycles. The summed E-state index contributed by atoms with van der Waals surface area (Å²) in [6.45, 7) is 0.731. The van der Waals surface area contributed by atoms with Crippen molar-refractivity contribution in [1.29, 1.82) is 0 Å². The molecule has 16 heavy (non-hydrogen) atoms. The highest BCUT2D eigenvalue weighted by molar-refractivity contribution is 5.85. The lowest BCUT2D eigenvalue weighted by atomic mass is 9.82. The molecule has 2 N–H and O–H groups in total. The first-order valence-electron chi connectivity index (χ1n) is 6.12. The van der Waals surface area contributed by atoms with Gasteiger partial charge in [-0.15, -0.1) is 0 Å². The molecule has 0 bridgehead atoms. The fourth-order valence-electron chi connectivity index (χ4n) is 2.47. The van der Waals surface area contributed by atoms with Crippen LogP contribution >= 0.6 is 0 Å². The zero-order valence-corrected chi connectivity index (χ0v) is 9.50. The normalized spacial score (nSPS) is 23.0. The van der Waals surface area contributed by atoms with Gasteiger partial charge in [-0.25, -0.2) is 0 Å². The highest BCUT2D eigenvalue weighted by Crippen LogP contribution is 2.41. The van der Waals surface area contributed by atoms with Crippen molar-refractivity contribution < 1.29 is 14.7 Å². The summed E-state index contributed by atoms with van der Waals surface area (Å²) in [4.78, 5) is 22.9. The lowest BCUT2D eigenvalue weighted by molar-refractivity contribution is -0.151. The van der Waals surface area contributed by atoms with Gasteiger partial charge in [-0.2, -0.15) is 0 Å². The van der Waals surface area contributed by atoms with Gasteiger partial charge in [0.05, 0.1) is 5.41 Å². The van der Waals surface area contributed by atoms with E-state index in [1.165, 1.54) is 12.8 Å². The molecule has 0 atom stereocenters. The van der Waals surface area contributed by atoms with E-state index < -0.39 is 11.4 Å². The smallest absolute Gasteiger partial charge is 0.310 e.